The van der Waals surface area contributed by atoms with Crippen LogP contribution in [0.5, 0.6) is 5.75 Å². The van der Waals surface area contributed by atoms with E-state index >= 15 is 0 Å². The van der Waals surface area contributed by atoms with Crippen LogP contribution in [0.4, 0.5) is 0 Å². The zero-order chi connectivity index (χ0) is 21.4. The SMILES string of the molecule is CC(=O)N[C@@H](Cc1ccc(O)cc1)C(=O)N[C@@H](C(=O)N[C@@H](C)C(C)=O)C(C)C. The molecule has 3 atom stereocenters. The van der Waals surface area contributed by atoms with Crippen LogP contribution >= 0.6 is 0 Å². The van der Waals surface area contributed by atoms with Crippen LogP contribution in [0.15, 0.2) is 24.3 Å². The highest BCUT2D eigenvalue weighted by molar-refractivity contribution is 5.94. The molecule has 0 aliphatic heterocycles. The van der Waals surface area contributed by atoms with Crippen LogP contribution in [0.2, 0.25) is 0 Å². The lowest BCUT2D eigenvalue weighted by molar-refractivity contribution is -0.133. The summed E-state index contributed by atoms with van der Waals surface area (Å²) in [6.07, 6.45) is 0.196. The first-order valence-corrected chi connectivity index (χ1v) is 9.17. The molecule has 28 heavy (non-hydrogen) atoms. The van der Waals surface area contributed by atoms with Crippen molar-refractivity contribution in [2.45, 2.75) is 59.2 Å². The molecule has 0 heterocycles. The maximum atomic E-state index is 12.8. The van der Waals surface area contributed by atoms with Gasteiger partial charge in [-0.1, -0.05) is 26.0 Å². The zero-order valence-electron chi connectivity index (χ0n) is 16.9. The Hall–Kier alpha value is -2.90. The summed E-state index contributed by atoms with van der Waals surface area (Å²) in [5, 5.41) is 17.2. The fourth-order valence-corrected chi connectivity index (χ4v) is 2.52. The van der Waals surface area contributed by atoms with Gasteiger partial charge >= 0.3 is 0 Å². The van der Waals surface area contributed by atoms with Crippen LogP contribution in [0.1, 0.15) is 40.2 Å². The van der Waals surface area contributed by atoms with Crippen molar-refractivity contribution in [2.75, 3.05) is 0 Å². The molecule has 8 heteroatoms. The van der Waals surface area contributed by atoms with Gasteiger partial charge in [-0.05, 0) is 37.5 Å². The first-order valence-electron chi connectivity index (χ1n) is 9.17. The molecule has 0 saturated carbocycles. The third kappa shape index (κ3) is 7.38. The normalized spacial score (nSPS) is 13.9. The molecule has 154 valence electrons. The Labute approximate surface area is 165 Å². The first kappa shape index (κ1) is 23.1. The number of phenols is 1. The van der Waals surface area contributed by atoms with Gasteiger partial charge in [-0.2, -0.15) is 0 Å². The van der Waals surface area contributed by atoms with Crippen LogP contribution in [-0.4, -0.2) is 46.7 Å². The van der Waals surface area contributed by atoms with Crippen molar-refractivity contribution in [3.8, 4) is 5.75 Å². The van der Waals surface area contributed by atoms with Crippen LogP contribution in [0, 0.1) is 5.92 Å². The van der Waals surface area contributed by atoms with Crippen molar-refractivity contribution < 1.29 is 24.3 Å². The van der Waals surface area contributed by atoms with Gasteiger partial charge in [0, 0.05) is 13.3 Å². The minimum atomic E-state index is -0.888. The van der Waals surface area contributed by atoms with Gasteiger partial charge in [0.25, 0.3) is 0 Å². The van der Waals surface area contributed by atoms with Gasteiger partial charge in [-0.15, -0.1) is 0 Å². The van der Waals surface area contributed by atoms with E-state index in [1.54, 1.807) is 32.9 Å². The average Bonchev–Trinajstić information content (AvgIpc) is 2.59. The number of Topliss-reactive ketones (excluding diaryl/α,β-unsaturated/α-hetero) is 1. The minimum absolute atomic E-state index is 0.0976. The van der Waals surface area contributed by atoms with Crippen molar-refractivity contribution in [2.24, 2.45) is 5.92 Å². The van der Waals surface area contributed by atoms with Gasteiger partial charge in [-0.25, -0.2) is 0 Å². The van der Waals surface area contributed by atoms with E-state index in [0.717, 1.165) is 5.56 Å². The molecule has 0 unspecified atom stereocenters. The molecule has 0 fully saturated rings. The van der Waals surface area contributed by atoms with E-state index in [4.69, 9.17) is 0 Å². The van der Waals surface area contributed by atoms with Gasteiger partial charge < -0.3 is 21.1 Å². The van der Waals surface area contributed by atoms with Crippen molar-refractivity contribution in [3.63, 3.8) is 0 Å². The molecule has 0 aliphatic carbocycles. The third-order valence-electron chi connectivity index (χ3n) is 4.29. The molecule has 0 spiro atoms. The quantitative estimate of drug-likeness (QED) is 0.493. The summed E-state index contributed by atoms with van der Waals surface area (Å²) in [6.45, 7) is 7.80. The van der Waals surface area contributed by atoms with Gasteiger partial charge in [0.15, 0.2) is 5.78 Å². The fourth-order valence-electron chi connectivity index (χ4n) is 2.52. The highest BCUT2D eigenvalue weighted by atomic mass is 16.3. The highest BCUT2D eigenvalue weighted by Gasteiger charge is 2.29. The number of nitrogens with one attached hydrogen (secondary N) is 3. The molecule has 0 aliphatic rings. The summed E-state index contributed by atoms with van der Waals surface area (Å²) in [7, 11) is 0. The summed E-state index contributed by atoms with van der Waals surface area (Å²) >= 11 is 0. The molecule has 3 amide bonds. The summed E-state index contributed by atoms with van der Waals surface area (Å²) in [5.41, 5.74) is 0.738. The molecule has 1 aromatic rings. The lowest BCUT2D eigenvalue weighted by Gasteiger charge is -2.26. The van der Waals surface area contributed by atoms with Gasteiger partial charge in [0.1, 0.15) is 17.8 Å². The van der Waals surface area contributed by atoms with Crippen LogP contribution in [-0.2, 0) is 25.6 Å². The highest BCUT2D eigenvalue weighted by Crippen LogP contribution is 2.12. The molecular weight excluding hydrogens is 362 g/mol. The molecule has 4 N–H and O–H groups in total. The predicted octanol–water partition coefficient (Wildman–Crippen LogP) is 0.674. The molecule has 0 saturated heterocycles. The minimum Gasteiger partial charge on any atom is -0.508 e. The molecule has 0 bridgehead atoms. The Morgan fingerprint density at radius 2 is 1.46 bits per heavy atom. The standard InChI is InChI=1S/C20H29N3O5/c1-11(2)18(20(28)21-12(3)13(4)24)23-19(27)17(22-14(5)25)10-15-6-8-16(26)9-7-15/h6-9,11-12,17-18,26H,10H2,1-5H3,(H,21,28)(H,22,25)(H,23,27)/t12-,17-,18+/m0/s1. The number of ketones is 1. The maximum absolute atomic E-state index is 12.8. The number of aromatic hydroxyl groups is 1. The Balaban J connectivity index is 2.92. The Kier molecular flexibility index (Phi) is 8.63. The van der Waals surface area contributed by atoms with Crippen molar-refractivity contribution in [1.82, 2.24) is 16.0 Å². The lowest BCUT2D eigenvalue weighted by Crippen LogP contribution is -2.57. The number of carbonyl (C=O) groups is 4. The summed E-state index contributed by atoms with van der Waals surface area (Å²) in [6, 6.07) is 3.88. The molecule has 8 nitrogen and oxygen atoms in total. The second-order valence-electron chi connectivity index (χ2n) is 7.19. The van der Waals surface area contributed by atoms with E-state index in [2.05, 4.69) is 16.0 Å². The third-order valence-corrected chi connectivity index (χ3v) is 4.29. The Bertz CT molecular complexity index is 715. The van der Waals surface area contributed by atoms with E-state index in [-0.39, 0.29) is 29.8 Å². The zero-order valence-corrected chi connectivity index (χ0v) is 16.9. The number of benzene rings is 1. The molecule has 0 radical (unpaired) electrons. The Morgan fingerprint density at radius 3 is 1.93 bits per heavy atom. The van der Waals surface area contributed by atoms with Crippen LogP contribution in [0.25, 0.3) is 0 Å². The van der Waals surface area contributed by atoms with E-state index < -0.39 is 29.9 Å². The number of hydrogen-bond acceptors (Lipinski definition) is 5. The maximum Gasteiger partial charge on any atom is 0.243 e. The largest absolute Gasteiger partial charge is 0.508 e. The predicted molar refractivity (Wildman–Crippen MR) is 104 cm³/mol. The summed E-state index contributed by atoms with van der Waals surface area (Å²) in [4.78, 5) is 48.2. The summed E-state index contributed by atoms with van der Waals surface area (Å²) < 4.78 is 0. The van der Waals surface area contributed by atoms with Crippen molar-refractivity contribution >= 4 is 23.5 Å². The average molecular weight is 391 g/mol. The topological polar surface area (TPSA) is 125 Å². The lowest BCUT2D eigenvalue weighted by atomic mass is 10.0. The van der Waals surface area contributed by atoms with E-state index in [0.29, 0.717) is 0 Å². The van der Waals surface area contributed by atoms with Crippen LogP contribution < -0.4 is 16.0 Å². The first-order chi connectivity index (χ1) is 13.0. The molecular formula is C20H29N3O5. The smallest absolute Gasteiger partial charge is 0.243 e. The van der Waals surface area contributed by atoms with E-state index in [9.17, 15) is 24.3 Å². The molecule has 1 rings (SSSR count). The van der Waals surface area contributed by atoms with Gasteiger partial charge in [0.2, 0.25) is 17.7 Å². The van der Waals surface area contributed by atoms with E-state index in [1.165, 1.54) is 26.0 Å². The fraction of sp³-hybridized carbons (Fsp3) is 0.500. The number of carbonyl (C=O) groups excluding carboxylic acids is 4. The number of phenolic OH excluding ortho intramolecular Hbond substituents is 1. The summed E-state index contributed by atoms with van der Waals surface area (Å²) in [5.74, 6) is -1.67. The molecule has 0 aromatic heterocycles. The van der Waals surface area contributed by atoms with Crippen molar-refractivity contribution in [3.05, 3.63) is 29.8 Å². The second kappa shape index (κ2) is 10.4. The van der Waals surface area contributed by atoms with E-state index in [1.807, 2.05) is 0 Å². The monoisotopic (exact) mass is 391 g/mol. The van der Waals surface area contributed by atoms with Crippen LogP contribution in [0.3, 0.4) is 0 Å². The van der Waals surface area contributed by atoms with Gasteiger partial charge in [0.05, 0.1) is 6.04 Å². The van der Waals surface area contributed by atoms with Crippen molar-refractivity contribution in [1.29, 1.82) is 0 Å². The number of amides is 3. The molecule has 1 aromatic carbocycles. The number of hydrogen-bond donors (Lipinski definition) is 4. The number of rotatable bonds is 9. The Morgan fingerprint density at radius 1 is 0.893 bits per heavy atom. The van der Waals surface area contributed by atoms with Gasteiger partial charge in [-0.3, -0.25) is 19.2 Å². The second-order valence-corrected chi connectivity index (χ2v) is 7.19.